The van der Waals surface area contributed by atoms with Crippen LogP contribution in [0.4, 0.5) is 0 Å². The third kappa shape index (κ3) is 5.09. The molecule has 0 aliphatic carbocycles. The van der Waals surface area contributed by atoms with E-state index < -0.39 is 32.3 Å². The highest BCUT2D eigenvalue weighted by molar-refractivity contribution is 7.27. The number of fused-ring (bicyclic) bond motifs is 10. The highest BCUT2D eigenvalue weighted by atomic mass is 32.1. The van der Waals surface area contributed by atoms with Crippen LogP contribution in [0, 0.1) is 0 Å². The average molecular weight is 769 g/mol. The number of nitrogens with zero attached hydrogens (tertiary/aromatic N) is 2. The largest absolute Gasteiger partial charge is 0.309 e. The Kier molecular flexibility index (Phi) is 7.19. The van der Waals surface area contributed by atoms with E-state index in [1.807, 2.05) is 22.7 Å². The van der Waals surface area contributed by atoms with Crippen LogP contribution in [0.3, 0.4) is 0 Å². The number of hydrogen-bond donors (Lipinski definition) is 0. The van der Waals surface area contributed by atoms with E-state index >= 15 is 0 Å². The Morgan fingerprint density at radius 1 is 0.412 bits per heavy atom. The summed E-state index contributed by atoms with van der Waals surface area (Å²) in [4.78, 5) is 0. The van der Waals surface area contributed by atoms with Crippen LogP contribution >= 0.6 is 22.7 Å². The zero-order valence-electron chi connectivity index (χ0n) is 32.3. The molecule has 0 atom stereocenters. The number of benzene rings is 5. The normalized spacial score (nSPS) is 14.2. The van der Waals surface area contributed by atoms with E-state index in [9.17, 15) is 0 Å². The molecule has 0 saturated carbocycles. The second-order valence-electron chi connectivity index (χ2n) is 19.2. The lowest BCUT2D eigenvalue weighted by atomic mass is 9.34. The smallest absolute Gasteiger partial charge is 0.252 e. The Bertz CT molecular complexity index is 2520. The molecule has 2 aliphatic heterocycles. The van der Waals surface area contributed by atoms with Gasteiger partial charge in [-0.3, -0.25) is 0 Å². The molecule has 2 aromatic heterocycles. The first-order chi connectivity index (χ1) is 23.8. The van der Waals surface area contributed by atoms with E-state index in [1.54, 1.807) is 10.4 Å². The SMILES string of the molecule is C[Si](C)(C)c1ccc2c(c1)B1c3cc([Si](C)(C)C)ccc3-n3c4ccc([Si](C)(C)C)cc4sc4cc5sc6cc([Si](C)(C)C)ccc6n-2c5c1c43. The lowest BCUT2D eigenvalue weighted by molar-refractivity contribution is 1.16. The molecule has 0 unspecified atom stereocenters. The molecule has 7 aromatic rings. The van der Waals surface area contributed by atoms with Crippen molar-refractivity contribution in [2.24, 2.45) is 0 Å². The summed E-state index contributed by atoms with van der Waals surface area (Å²) < 4.78 is 10.9. The molecule has 0 spiro atoms. The van der Waals surface area contributed by atoms with Gasteiger partial charge in [0, 0.05) is 11.4 Å². The molecular weight excluding hydrogens is 720 g/mol. The Balaban J connectivity index is 1.54. The van der Waals surface area contributed by atoms with Crippen LogP contribution in [0.1, 0.15) is 0 Å². The second kappa shape index (κ2) is 10.8. The van der Waals surface area contributed by atoms with Gasteiger partial charge in [0.05, 0.1) is 73.2 Å². The summed E-state index contributed by atoms with van der Waals surface area (Å²) in [5.74, 6) is 0. The van der Waals surface area contributed by atoms with Crippen LogP contribution < -0.4 is 37.1 Å². The molecule has 2 nitrogen and oxygen atoms in total. The van der Waals surface area contributed by atoms with Gasteiger partial charge in [-0.15, -0.1) is 22.7 Å². The number of rotatable bonds is 4. The van der Waals surface area contributed by atoms with Gasteiger partial charge in [0.25, 0.3) is 6.71 Å². The minimum Gasteiger partial charge on any atom is -0.309 e. The van der Waals surface area contributed by atoms with E-state index in [0.717, 1.165) is 0 Å². The van der Waals surface area contributed by atoms with E-state index in [4.69, 9.17) is 0 Å². The van der Waals surface area contributed by atoms with E-state index in [2.05, 4.69) is 167 Å². The van der Waals surface area contributed by atoms with E-state index in [1.165, 1.54) is 79.0 Å². The fourth-order valence-corrected chi connectivity index (χ4v) is 15.7. The standard InChI is InChI=1S/C42H49BN2S2Si4/c1-48(2,3)26-13-17-32-30(21-26)43-31-22-27(49(4,5)6)14-18-33(31)45-35-20-16-29(51(10,11)12)24-37(35)47-39-25-38-41(40(43)42(39)45)44(32)34-19-15-28(50(7,8)9)23-36(34)46-38/h13-25H,1-12H3. The first-order valence-corrected chi connectivity index (χ1v) is 34.2. The molecule has 0 amide bonds. The van der Waals surface area contributed by atoms with Gasteiger partial charge in [-0.25, -0.2) is 0 Å². The van der Waals surface area contributed by atoms with Crippen molar-refractivity contribution < 1.29 is 0 Å². The summed E-state index contributed by atoms with van der Waals surface area (Å²) in [6.07, 6.45) is 0. The molecule has 9 rings (SSSR count). The molecule has 4 heterocycles. The number of aromatic nitrogens is 2. The second-order valence-corrected chi connectivity index (χ2v) is 41.7. The van der Waals surface area contributed by atoms with Crippen LogP contribution in [0.15, 0.2) is 78.9 Å². The molecule has 0 N–H and O–H groups in total. The molecule has 2 aliphatic rings. The van der Waals surface area contributed by atoms with Gasteiger partial charge < -0.3 is 9.13 Å². The Labute approximate surface area is 315 Å². The van der Waals surface area contributed by atoms with Gasteiger partial charge in [0.1, 0.15) is 0 Å². The van der Waals surface area contributed by atoms with Gasteiger partial charge in [0.15, 0.2) is 0 Å². The van der Waals surface area contributed by atoms with Crippen molar-refractivity contribution in [2.45, 2.75) is 78.6 Å². The maximum absolute atomic E-state index is 2.67. The van der Waals surface area contributed by atoms with Gasteiger partial charge in [-0.05, 0) is 58.9 Å². The lowest BCUT2D eigenvalue weighted by Crippen LogP contribution is -2.61. The van der Waals surface area contributed by atoms with Crippen LogP contribution in [-0.2, 0) is 0 Å². The van der Waals surface area contributed by atoms with Crippen molar-refractivity contribution in [2.75, 3.05) is 0 Å². The van der Waals surface area contributed by atoms with Crippen molar-refractivity contribution in [1.29, 1.82) is 0 Å². The van der Waals surface area contributed by atoms with E-state index in [-0.39, 0.29) is 6.71 Å². The zero-order chi connectivity index (χ0) is 36.2. The molecule has 5 aromatic carbocycles. The van der Waals surface area contributed by atoms with Crippen LogP contribution in [0.25, 0.3) is 52.2 Å². The molecule has 0 fully saturated rings. The van der Waals surface area contributed by atoms with Crippen molar-refractivity contribution in [3.63, 3.8) is 0 Å². The summed E-state index contributed by atoms with van der Waals surface area (Å²) in [7, 11) is -6.19. The molecular formula is C42H49BN2S2Si4. The molecule has 0 saturated heterocycles. The van der Waals surface area contributed by atoms with Crippen molar-refractivity contribution in [3.8, 4) is 11.4 Å². The molecule has 0 radical (unpaired) electrons. The predicted octanol–water partition coefficient (Wildman–Crippen LogP) is 8.45. The van der Waals surface area contributed by atoms with Crippen molar-refractivity contribution in [1.82, 2.24) is 9.13 Å². The van der Waals surface area contributed by atoms with Crippen LogP contribution in [0.5, 0.6) is 0 Å². The van der Waals surface area contributed by atoms with Gasteiger partial charge >= 0.3 is 0 Å². The average Bonchev–Trinajstić information content (AvgIpc) is 3.04. The van der Waals surface area contributed by atoms with Crippen LogP contribution in [-0.4, -0.2) is 48.1 Å². The fraction of sp³-hybridized carbons (Fsp3) is 0.286. The van der Waals surface area contributed by atoms with Crippen LogP contribution in [0.2, 0.25) is 78.6 Å². The maximum atomic E-state index is 2.67. The molecule has 51 heavy (non-hydrogen) atoms. The summed E-state index contributed by atoms with van der Waals surface area (Å²) >= 11 is 4.02. The summed E-state index contributed by atoms with van der Waals surface area (Å²) in [6.45, 7) is 30.0. The Hall–Kier alpha value is -2.93. The van der Waals surface area contributed by atoms with E-state index in [0.29, 0.717) is 0 Å². The Morgan fingerprint density at radius 2 is 0.765 bits per heavy atom. The topological polar surface area (TPSA) is 9.86 Å². The van der Waals surface area contributed by atoms with Gasteiger partial charge in [-0.1, -0.05) is 136 Å². The third-order valence-corrected chi connectivity index (χ3v) is 21.8. The fourth-order valence-electron chi connectivity index (χ4n) is 8.39. The highest BCUT2D eigenvalue weighted by Gasteiger charge is 2.41. The summed E-state index contributed by atoms with van der Waals surface area (Å²) in [5.41, 5.74) is 12.7. The highest BCUT2D eigenvalue weighted by Crippen LogP contribution is 2.40. The minimum atomic E-state index is -1.59. The van der Waals surface area contributed by atoms with Gasteiger partial charge in [0.2, 0.25) is 0 Å². The molecule has 258 valence electrons. The third-order valence-electron chi connectivity index (χ3n) is 11.4. The predicted molar refractivity (Wildman–Crippen MR) is 245 cm³/mol. The summed E-state index contributed by atoms with van der Waals surface area (Å²) in [5, 5.41) is 6.14. The maximum Gasteiger partial charge on any atom is 0.252 e. The zero-order valence-corrected chi connectivity index (χ0v) is 37.9. The first-order valence-electron chi connectivity index (χ1n) is 18.6. The monoisotopic (exact) mass is 768 g/mol. The number of hydrogen-bond acceptors (Lipinski definition) is 2. The molecule has 0 bridgehead atoms. The minimum absolute atomic E-state index is 0.186. The van der Waals surface area contributed by atoms with Crippen molar-refractivity contribution in [3.05, 3.63) is 78.9 Å². The molecule has 9 heteroatoms. The Morgan fingerprint density at radius 3 is 1.14 bits per heavy atom. The quantitative estimate of drug-likeness (QED) is 0.126. The first kappa shape index (κ1) is 33.9. The van der Waals surface area contributed by atoms with Gasteiger partial charge in [-0.2, -0.15) is 0 Å². The summed E-state index contributed by atoms with van der Waals surface area (Å²) in [6, 6.07) is 32.5. The van der Waals surface area contributed by atoms with Crippen molar-refractivity contribution >= 4 is 140 Å². The lowest BCUT2D eigenvalue weighted by Gasteiger charge is -2.37.